The van der Waals surface area contributed by atoms with Gasteiger partial charge in [-0.1, -0.05) is 0 Å². The van der Waals surface area contributed by atoms with Crippen molar-refractivity contribution < 1.29 is 14.6 Å². The lowest BCUT2D eigenvalue weighted by Crippen LogP contribution is -2.47. The number of rotatable bonds is 2. The first-order chi connectivity index (χ1) is 5.08. The van der Waals surface area contributed by atoms with E-state index in [1.54, 1.807) is 13.8 Å². The van der Waals surface area contributed by atoms with Crippen LogP contribution in [0.15, 0.2) is 0 Å². The number of aliphatic hydroxyl groups is 1. The van der Waals surface area contributed by atoms with Crippen LogP contribution in [0.2, 0.25) is 0 Å². The standard InChI is InChI=1S/C7H13NO3/c1-7(2,5-9)8-3-4-11-6(8)10/h9H,3-5H2,1-2H3. The van der Waals surface area contributed by atoms with Gasteiger partial charge >= 0.3 is 6.09 Å². The van der Waals surface area contributed by atoms with Crippen molar-refractivity contribution in [1.82, 2.24) is 4.90 Å². The van der Waals surface area contributed by atoms with E-state index >= 15 is 0 Å². The molecule has 1 saturated heterocycles. The van der Waals surface area contributed by atoms with Crippen molar-refractivity contribution in [2.45, 2.75) is 19.4 Å². The molecule has 1 N–H and O–H groups in total. The van der Waals surface area contributed by atoms with E-state index in [9.17, 15) is 4.79 Å². The number of amides is 1. The fourth-order valence-electron chi connectivity index (χ4n) is 1.03. The summed E-state index contributed by atoms with van der Waals surface area (Å²) in [7, 11) is 0. The van der Waals surface area contributed by atoms with Crippen molar-refractivity contribution >= 4 is 6.09 Å². The molecule has 0 unspecified atom stereocenters. The zero-order valence-electron chi connectivity index (χ0n) is 6.83. The fraction of sp³-hybridized carbons (Fsp3) is 0.857. The average Bonchev–Trinajstić information content (AvgIpc) is 2.36. The van der Waals surface area contributed by atoms with Gasteiger partial charge in [-0.3, -0.25) is 4.90 Å². The Morgan fingerprint density at radius 1 is 1.73 bits per heavy atom. The first kappa shape index (κ1) is 8.33. The molecule has 1 rings (SSSR count). The van der Waals surface area contributed by atoms with Crippen LogP contribution >= 0.6 is 0 Å². The molecular weight excluding hydrogens is 146 g/mol. The van der Waals surface area contributed by atoms with Gasteiger partial charge in [0, 0.05) is 0 Å². The van der Waals surface area contributed by atoms with Crippen LogP contribution in [0, 0.1) is 0 Å². The van der Waals surface area contributed by atoms with Gasteiger partial charge in [-0.25, -0.2) is 4.79 Å². The number of hydrogen-bond acceptors (Lipinski definition) is 3. The summed E-state index contributed by atoms with van der Waals surface area (Å²) in [4.78, 5) is 12.5. The molecule has 1 fully saturated rings. The van der Waals surface area contributed by atoms with Crippen molar-refractivity contribution in [3.8, 4) is 0 Å². The molecular formula is C7H13NO3. The minimum Gasteiger partial charge on any atom is -0.448 e. The van der Waals surface area contributed by atoms with Crippen molar-refractivity contribution in [3.05, 3.63) is 0 Å². The van der Waals surface area contributed by atoms with Crippen LogP contribution in [-0.2, 0) is 4.74 Å². The minimum absolute atomic E-state index is 0.0396. The molecule has 0 saturated carbocycles. The Kier molecular flexibility index (Phi) is 2.04. The highest BCUT2D eigenvalue weighted by molar-refractivity contribution is 5.70. The zero-order valence-corrected chi connectivity index (χ0v) is 6.83. The van der Waals surface area contributed by atoms with Crippen LogP contribution in [0.3, 0.4) is 0 Å². The smallest absolute Gasteiger partial charge is 0.410 e. The largest absolute Gasteiger partial charge is 0.448 e. The summed E-state index contributed by atoms with van der Waals surface area (Å²) in [5.74, 6) is 0. The highest BCUT2D eigenvalue weighted by Gasteiger charge is 2.34. The lowest BCUT2D eigenvalue weighted by atomic mass is 10.1. The van der Waals surface area contributed by atoms with Crippen molar-refractivity contribution in [1.29, 1.82) is 0 Å². The van der Waals surface area contributed by atoms with E-state index in [4.69, 9.17) is 9.84 Å². The molecule has 0 aromatic carbocycles. The Morgan fingerprint density at radius 3 is 2.73 bits per heavy atom. The Morgan fingerprint density at radius 2 is 2.36 bits per heavy atom. The van der Waals surface area contributed by atoms with E-state index < -0.39 is 5.54 Å². The molecule has 1 aliphatic heterocycles. The predicted octanol–water partition coefficient (Wildman–Crippen LogP) is 0.210. The molecule has 1 heterocycles. The Balaban J connectivity index is 2.65. The van der Waals surface area contributed by atoms with Gasteiger partial charge in [-0.05, 0) is 13.8 Å². The van der Waals surface area contributed by atoms with E-state index in [-0.39, 0.29) is 12.7 Å². The summed E-state index contributed by atoms with van der Waals surface area (Å²) in [5, 5.41) is 8.92. The molecule has 1 amide bonds. The first-order valence-electron chi connectivity index (χ1n) is 3.63. The molecule has 0 bridgehead atoms. The second kappa shape index (κ2) is 2.70. The average molecular weight is 159 g/mol. The van der Waals surface area contributed by atoms with Gasteiger partial charge in [-0.15, -0.1) is 0 Å². The summed E-state index contributed by atoms with van der Waals surface area (Å²) in [6.45, 7) is 4.58. The molecule has 4 nitrogen and oxygen atoms in total. The summed E-state index contributed by atoms with van der Waals surface area (Å²) in [5.41, 5.74) is -0.492. The van der Waals surface area contributed by atoms with Crippen molar-refractivity contribution in [2.75, 3.05) is 19.8 Å². The topological polar surface area (TPSA) is 49.8 Å². The highest BCUT2D eigenvalue weighted by atomic mass is 16.6. The fourth-order valence-corrected chi connectivity index (χ4v) is 1.03. The molecule has 0 spiro atoms. The van der Waals surface area contributed by atoms with E-state index in [2.05, 4.69) is 0 Å². The Bertz CT molecular complexity index is 167. The van der Waals surface area contributed by atoms with Crippen LogP contribution in [0.25, 0.3) is 0 Å². The van der Waals surface area contributed by atoms with Gasteiger partial charge in [0.15, 0.2) is 0 Å². The number of hydrogen-bond donors (Lipinski definition) is 1. The van der Waals surface area contributed by atoms with Gasteiger partial charge in [0.1, 0.15) is 6.61 Å². The Labute approximate surface area is 65.8 Å². The van der Waals surface area contributed by atoms with Gasteiger partial charge < -0.3 is 9.84 Å². The third kappa shape index (κ3) is 1.45. The van der Waals surface area contributed by atoms with Crippen LogP contribution in [0.4, 0.5) is 4.79 Å². The lowest BCUT2D eigenvalue weighted by Gasteiger charge is -2.31. The molecule has 0 radical (unpaired) electrons. The molecule has 1 aliphatic rings. The summed E-state index contributed by atoms with van der Waals surface area (Å²) in [6.07, 6.45) is -0.330. The zero-order chi connectivity index (χ0) is 8.48. The maximum absolute atomic E-state index is 11.0. The monoisotopic (exact) mass is 159 g/mol. The van der Waals surface area contributed by atoms with Crippen LogP contribution in [0.5, 0.6) is 0 Å². The number of carbonyl (C=O) groups is 1. The second-order valence-electron chi connectivity index (χ2n) is 3.24. The maximum atomic E-state index is 11.0. The SMILES string of the molecule is CC(C)(CO)N1CCOC1=O. The van der Waals surface area contributed by atoms with Crippen molar-refractivity contribution in [2.24, 2.45) is 0 Å². The maximum Gasteiger partial charge on any atom is 0.410 e. The van der Waals surface area contributed by atoms with Gasteiger partial charge in [0.05, 0.1) is 18.7 Å². The van der Waals surface area contributed by atoms with Crippen LogP contribution < -0.4 is 0 Å². The highest BCUT2D eigenvalue weighted by Crippen LogP contribution is 2.17. The molecule has 0 aromatic heterocycles. The number of ether oxygens (including phenoxy) is 1. The van der Waals surface area contributed by atoms with E-state index in [1.165, 1.54) is 4.90 Å². The predicted molar refractivity (Wildman–Crippen MR) is 39.2 cm³/mol. The summed E-state index contributed by atoms with van der Waals surface area (Å²) < 4.78 is 4.73. The summed E-state index contributed by atoms with van der Waals surface area (Å²) >= 11 is 0. The van der Waals surface area contributed by atoms with Gasteiger partial charge in [-0.2, -0.15) is 0 Å². The van der Waals surface area contributed by atoms with Gasteiger partial charge in [0.2, 0.25) is 0 Å². The molecule has 64 valence electrons. The van der Waals surface area contributed by atoms with E-state index in [1.807, 2.05) is 0 Å². The Hall–Kier alpha value is -0.770. The number of aliphatic hydroxyl groups excluding tert-OH is 1. The first-order valence-corrected chi connectivity index (χ1v) is 3.63. The summed E-state index contributed by atoms with van der Waals surface area (Å²) in [6, 6.07) is 0. The molecule has 11 heavy (non-hydrogen) atoms. The van der Waals surface area contributed by atoms with Gasteiger partial charge in [0.25, 0.3) is 0 Å². The molecule has 0 aromatic rings. The minimum atomic E-state index is -0.492. The quantitative estimate of drug-likeness (QED) is 0.626. The molecule has 4 heteroatoms. The molecule has 0 atom stereocenters. The second-order valence-corrected chi connectivity index (χ2v) is 3.24. The normalized spacial score (nSPS) is 18.8. The van der Waals surface area contributed by atoms with Crippen LogP contribution in [-0.4, -0.2) is 41.4 Å². The van der Waals surface area contributed by atoms with Crippen molar-refractivity contribution in [3.63, 3.8) is 0 Å². The lowest BCUT2D eigenvalue weighted by molar-refractivity contribution is 0.0842. The van der Waals surface area contributed by atoms with E-state index in [0.717, 1.165) is 0 Å². The number of carbonyl (C=O) groups excluding carboxylic acids is 1. The van der Waals surface area contributed by atoms with E-state index in [0.29, 0.717) is 13.2 Å². The number of nitrogens with zero attached hydrogens (tertiary/aromatic N) is 1. The van der Waals surface area contributed by atoms with Crippen LogP contribution in [0.1, 0.15) is 13.8 Å². The molecule has 0 aliphatic carbocycles. The third-order valence-electron chi connectivity index (χ3n) is 1.88. The third-order valence-corrected chi connectivity index (χ3v) is 1.88. The number of cyclic esters (lactones) is 1.